The minimum Gasteiger partial charge on any atom is -0.491 e. The largest absolute Gasteiger partial charge is 0.491 e. The van der Waals surface area contributed by atoms with Crippen molar-refractivity contribution in [2.75, 3.05) is 11.5 Å². The predicted molar refractivity (Wildman–Crippen MR) is 121 cm³/mol. The van der Waals surface area contributed by atoms with E-state index in [-0.39, 0.29) is 56.0 Å². The molecule has 6 rings (SSSR count). The predicted octanol–water partition coefficient (Wildman–Crippen LogP) is 5.78. The summed E-state index contributed by atoms with van der Waals surface area (Å²) in [5, 5.41) is 0. The first kappa shape index (κ1) is 23.0. The van der Waals surface area contributed by atoms with Crippen LogP contribution in [0.2, 0.25) is 0 Å². The zero-order valence-corrected chi connectivity index (χ0v) is 18.6. The van der Waals surface area contributed by atoms with Gasteiger partial charge in [0.1, 0.15) is 17.8 Å². The molecule has 2 heterocycles. The van der Waals surface area contributed by atoms with Gasteiger partial charge in [-0.05, 0) is 28.8 Å². The van der Waals surface area contributed by atoms with Gasteiger partial charge in [0.05, 0.1) is 6.04 Å². The monoisotopic (exact) mass is 479 g/mol. The van der Waals surface area contributed by atoms with Crippen molar-refractivity contribution in [3.8, 4) is 5.75 Å². The second kappa shape index (κ2) is 8.81. The van der Waals surface area contributed by atoms with E-state index in [0.29, 0.717) is 5.56 Å². The molecule has 0 bridgehead atoms. The van der Waals surface area contributed by atoms with Gasteiger partial charge < -0.3 is 4.74 Å². The fraction of sp³-hybridized carbons (Fsp3) is 0.107. The van der Waals surface area contributed by atoms with Crippen molar-refractivity contribution >= 4 is 11.6 Å². The Morgan fingerprint density at radius 2 is 1.32 bits per heavy atom. The number of nitrogens with zero attached hydrogens (tertiary/aromatic N) is 1. The van der Waals surface area contributed by atoms with Crippen LogP contribution in [-0.4, -0.2) is 12.5 Å². The molecule has 0 aromatic heterocycles. The third-order valence-corrected chi connectivity index (χ3v) is 6.62. The number of rotatable bonds is 3. The third kappa shape index (κ3) is 3.29. The number of fused-ring (bicyclic) bond motifs is 4. The van der Waals surface area contributed by atoms with E-state index in [2.05, 4.69) is 0 Å². The standard InChI is InChI=1S/C28H19F2NO2.Ar/c29-22-15-21-25(16-23(22)30)33-17-28(21)20-13-7-8-14-24(20)31(27(28)32)26(18-9-3-1-4-10-18)19-11-5-2-6-12-19;/h1-16,26H,17H2;. The normalized spacial score (nSPS) is 18.0. The molecule has 1 unspecified atom stereocenters. The number of hydrogen-bond donors (Lipinski definition) is 0. The molecule has 0 saturated carbocycles. The van der Waals surface area contributed by atoms with Gasteiger partial charge in [0.25, 0.3) is 0 Å². The maximum Gasteiger partial charge on any atom is 0.246 e. The Labute approximate surface area is 226 Å². The Balaban J connectivity index is 0.00000241. The average molecular weight is 479 g/mol. The molecule has 3 nitrogen and oxygen atoms in total. The molecule has 1 spiro atoms. The topological polar surface area (TPSA) is 29.5 Å². The molecule has 2 aliphatic heterocycles. The van der Waals surface area contributed by atoms with Gasteiger partial charge in [-0.2, -0.15) is 0 Å². The summed E-state index contributed by atoms with van der Waals surface area (Å²) in [6.45, 7) is -0.00608. The molecule has 2 aliphatic rings. The molecule has 4 aromatic rings. The number of anilines is 1. The number of carbonyl (C=O) groups excluding carboxylic acids is 1. The Hall–Kier alpha value is -2.73. The van der Waals surface area contributed by atoms with Crippen molar-refractivity contribution in [2.45, 2.75) is 11.5 Å². The molecule has 0 saturated heterocycles. The van der Waals surface area contributed by atoms with Crippen LogP contribution in [0.15, 0.2) is 97.1 Å². The van der Waals surface area contributed by atoms with Crippen LogP contribution in [0.5, 0.6) is 5.75 Å². The second-order valence-corrected chi connectivity index (χ2v) is 8.37. The summed E-state index contributed by atoms with van der Waals surface area (Å²) in [5.74, 6) is -2.00. The summed E-state index contributed by atoms with van der Waals surface area (Å²) in [5.41, 5.74) is 2.50. The molecule has 170 valence electrons. The van der Waals surface area contributed by atoms with Crippen molar-refractivity contribution in [2.24, 2.45) is 0 Å². The van der Waals surface area contributed by atoms with Crippen LogP contribution in [0, 0.1) is 49.4 Å². The van der Waals surface area contributed by atoms with E-state index in [0.717, 1.165) is 34.5 Å². The molecule has 0 N–H and O–H groups in total. The molecule has 0 radical (unpaired) electrons. The van der Waals surface area contributed by atoms with Gasteiger partial charge >= 0.3 is 0 Å². The molecule has 0 aliphatic carbocycles. The summed E-state index contributed by atoms with van der Waals surface area (Å²) in [4.78, 5) is 16.1. The average Bonchev–Trinajstić information content (AvgIpc) is 3.33. The number of para-hydroxylation sites is 1. The zero-order chi connectivity index (χ0) is 22.6. The Morgan fingerprint density at radius 3 is 1.97 bits per heavy atom. The van der Waals surface area contributed by atoms with Crippen LogP contribution in [0.1, 0.15) is 28.3 Å². The van der Waals surface area contributed by atoms with Gasteiger partial charge in [-0.1, -0.05) is 78.9 Å². The van der Waals surface area contributed by atoms with Gasteiger partial charge in [0.2, 0.25) is 5.91 Å². The number of amides is 1. The summed E-state index contributed by atoms with van der Waals surface area (Å²) < 4.78 is 34.1. The fourth-order valence-electron chi connectivity index (χ4n) is 5.14. The minimum atomic E-state index is -1.23. The quantitative estimate of drug-likeness (QED) is 0.373. The fourth-order valence-corrected chi connectivity index (χ4v) is 5.14. The maximum atomic E-state index is 14.4. The summed E-state index contributed by atoms with van der Waals surface area (Å²) >= 11 is 0. The Bertz CT molecular complexity index is 1340. The van der Waals surface area contributed by atoms with Crippen LogP contribution in [0.4, 0.5) is 14.5 Å². The van der Waals surface area contributed by atoms with Crippen molar-refractivity contribution in [3.63, 3.8) is 0 Å². The van der Waals surface area contributed by atoms with Gasteiger partial charge in [-0.3, -0.25) is 9.69 Å². The van der Waals surface area contributed by atoms with Gasteiger partial charge in [-0.15, -0.1) is 0 Å². The van der Waals surface area contributed by atoms with E-state index >= 15 is 0 Å². The number of hydrogen-bond acceptors (Lipinski definition) is 2. The molecule has 34 heavy (non-hydrogen) atoms. The van der Waals surface area contributed by atoms with E-state index in [1.807, 2.05) is 84.9 Å². The van der Waals surface area contributed by atoms with Crippen LogP contribution in [0.3, 0.4) is 0 Å². The summed E-state index contributed by atoms with van der Waals surface area (Å²) in [7, 11) is 0. The molecule has 4 aromatic carbocycles. The van der Waals surface area contributed by atoms with Gasteiger partial charge in [0, 0.05) is 55.1 Å². The van der Waals surface area contributed by atoms with E-state index in [9.17, 15) is 13.6 Å². The first-order valence-electron chi connectivity index (χ1n) is 10.8. The molecule has 1 atom stereocenters. The number of benzene rings is 4. The Morgan fingerprint density at radius 1 is 0.765 bits per heavy atom. The smallest absolute Gasteiger partial charge is 0.246 e. The van der Waals surface area contributed by atoms with E-state index in [4.69, 9.17) is 4.74 Å². The van der Waals surface area contributed by atoms with Crippen molar-refractivity contribution < 1.29 is 56.1 Å². The van der Waals surface area contributed by atoms with Crippen LogP contribution in [0.25, 0.3) is 0 Å². The first-order valence-corrected chi connectivity index (χ1v) is 10.8. The minimum absolute atomic E-state index is 0. The van der Waals surface area contributed by atoms with Crippen molar-refractivity contribution in [1.82, 2.24) is 0 Å². The second-order valence-electron chi connectivity index (χ2n) is 8.37. The zero-order valence-electron chi connectivity index (χ0n) is 17.9. The number of carbonyl (C=O) groups is 1. The van der Waals surface area contributed by atoms with Gasteiger partial charge in [0.15, 0.2) is 11.6 Å². The van der Waals surface area contributed by atoms with Crippen LogP contribution in [-0.2, 0) is 10.2 Å². The summed E-state index contributed by atoms with van der Waals surface area (Å²) in [6, 6.07) is 28.9. The van der Waals surface area contributed by atoms with E-state index in [1.165, 1.54) is 0 Å². The van der Waals surface area contributed by atoms with Crippen LogP contribution < -0.4 is 9.64 Å². The molecular formula is C28H19ArF2NO2. The van der Waals surface area contributed by atoms with E-state index < -0.39 is 23.1 Å². The van der Waals surface area contributed by atoms with Crippen molar-refractivity contribution in [1.29, 1.82) is 0 Å². The SMILES string of the molecule is O=C1N(C(c2ccccc2)c2ccccc2)c2ccccc2C12COc1cc(F)c(F)cc12.[Ar]. The number of ether oxygens (including phenoxy) is 1. The molecule has 0 fully saturated rings. The maximum absolute atomic E-state index is 14.4. The first-order chi connectivity index (χ1) is 16.1. The Kier molecular flexibility index (Phi) is 5.96. The summed E-state index contributed by atoms with van der Waals surface area (Å²) in [6.07, 6.45) is 0. The molecule has 6 heteroatoms. The molecular weight excluding hydrogens is 460 g/mol. The molecule has 1 amide bonds. The van der Waals surface area contributed by atoms with E-state index in [1.54, 1.807) is 4.90 Å². The third-order valence-electron chi connectivity index (χ3n) is 6.62. The van der Waals surface area contributed by atoms with Crippen molar-refractivity contribution in [3.05, 3.63) is 131 Å². The van der Waals surface area contributed by atoms with Crippen LogP contribution >= 0.6 is 0 Å². The van der Waals surface area contributed by atoms with Gasteiger partial charge in [-0.25, -0.2) is 8.78 Å². The number of halogens is 2.